The van der Waals surface area contributed by atoms with Gasteiger partial charge in [-0.3, -0.25) is 14.3 Å². The molecule has 4 aromatic heterocycles. The number of hydrogen-bond acceptors (Lipinski definition) is 6. The van der Waals surface area contributed by atoms with Gasteiger partial charge in [-0.25, -0.2) is 9.97 Å². The monoisotopic (exact) mass is 516 g/mol. The highest BCUT2D eigenvalue weighted by Crippen LogP contribution is 2.39. The quantitative estimate of drug-likeness (QED) is 0.315. The van der Waals surface area contributed by atoms with Gasteiger partial charge >= 0.3 is 6.18 Å². The number of anilines is 2. The minimum absolute atomic E-state index is 0.113. The van der Waals surface area contributed by atoms with E-state index < -0.39 is 17.3 Å². The number of pyridine rings is 4. The van der Waals surface area contributed by atoms with Crippen molar-refractivity contribution < 1.29 is 13.2 Å². The molecule has 0 spiro atoms. The summed E-state index contributed by atoms with van der Waals surface area (Å²) in [6, 6.07) is 14.0. The maximum atomic E-state index is 14.3. The lowest BCUT2D eigenvalue weighted by atomic mass is 10.1. The van der Waals surface area contributed by atoms with E-state index in [0.717, 1.165) is 25.3 Å². The van der Waals surface area contributed by atoms with E-state index in [4.69, 9.17) is 10.7 Å². The van der Waals surface area contributed by atoms with E-state index in [9.17, 15) is 18.0 Å². The third kappa shape index (κ3) is 4.21. The number of aromatic nitrogens is 4. The summed E-state index contributed by atoms with van der Waals surface area (Å²) in [4.78, 5) is 28.3. The predicted octanol–water partition coefficient (Wildman–Crippen LogP) is 5.59. The second kappa shape index (κ2) is 9.13. The summed E-state index contributed by atoms with van der Waals surface area (Å²) < 4.78 is 44.1. The number of nitrogens with zero attached hydrogens (tertiary/aromatic N) is 5. The van der Waals surface area contributed by atoms with E-state index in [1.165, 1.54) is 16.7 Å². The number of rotatable bonds is 3. The van der Waals surface area contributed by atoms with Crippen molar-refractivity contribution in [3.8, 4) is 16.9 Å². The SMILES string of the molecule is Nc1ccc(-c2ccc3ncc4ccc(=O)n(-c5ccc(N6CCCCC6)c(C(F)(F)F)c5)c4c3n2)cn1. The van der Waals surface area contributed by atoms with Crippen LogP contribution in [0.1, 0.15) is 24.8 Å². The van der Waals surface area contributed by atoms with Crippen LogP contribution in [0, 0.1) is 0 Å². The summed E-state index contributed by atoms with van der Waals surface area (Å²) in [5, 5.41) is 0.575. The van der Waals surface area contributed by atoms with Gasteiger partial charge in [-0.05, 0) is 67.8 Å². The Kier molecular flexibility index (Phi) is 5.74. The molecule has 1 saturated heterocycles. The fourth-order valence-corrected chi connectivity index (χ4v) is 5.04. The molecule has 7 nitrogen and oxygen atoms in total. The molecule has 1 fully saturated rings. The molecule has 0 aliphatic carbocycles. The van der Waals surface area contributed by atoms with Crippen LogP contribution >= 0.6 is 0 Å². The molecule has 1 aliphatic heterocycles. The van der Waals surface area contributed by atoms with Crippen LogP contribution in [0.15, 0.2) is 71.8 Å². The summed E-state index contributed by atoms with van der Waals surface area (Å²) in [5.41, 5.74) is 7.28. The molecular weight excluding hydrogens is 493 g/mol. The van der Waals surface area contributed by atoms with Gasteiger partial charge in [-0.1, -0.05) is 0 Å². The average Bonchev–Trinajstić information content (AvgIpc) is 2.93. The Labute approximate surface area is 215 Å². The first-order valence-electron chi connectivity index (χ1n) is 12.3. The summed E-state index contributed by atoms with van der Waals surface area (Å²) in [7, 11) is 0. The first-order chi connectivity index (χ1) is 18.3. The van der Waals surface area contributed by atoms with E-state index in [1.54, 1.807) is 53.7 Å². The number of piperidine rings is 1. The van der Waals surface area contributed by atoms with Crippen molar-refractivity contribution in [1.29, 1.82) is 0 Å². The zero-order chi connectivity index (χ0) is 26.4. The van der Waals surface area contributed by atoms with Crippen LogP contribution in [0.2, 0.25) is 0 Å². The van der Waals surface area contributed by atoms with Crippen LogP contribution in [0.4, 0.5) is 24.7 Å². The molecule has 10 heteroatoms. The smallest absolute Gasteiger partial charge is 0.384 e. The Balaban J connectivity index is 1.60. The van der Waals surface area contributed by atoms with Crippen LogP contribution in [-0.4, -0.2) is 32.6 Å². The number of benzene rings is 1. The van der Waals surface area contributed by atoms with Gasteiger partial charge in [0.05, 0.1) is 28.0 Å². The van der Waals surface area contributed by atoms with Gasteiger partial charge in [-0.2, -0.15) is 13.2 Å². The fraction of sp³-hybridized carbons (Fsp3) is 0.214. The zero-order valence-corrected chi connectivity index (χ0v) is 20.2. The normalized spacial score (nSPS) is 14.3. The maximum Gasteiger partial charge on any atom is 0.418 e. The molecule has 0 radical (unpaired) electrons. The summed E-state index contributed by atoms with van der Waals surface area (Å²) in [5.74, 6) is 0.365. The van der Waals surface area contributed by atoms with Gasteiger partial charge in [-0.15, -0.1) is 0 Å². The molecule has 5 aromatic rings. The number of nitrogen functional groups attached to an aromatic ring is 1. The van der Waals surface area contributed by atoms with Crippen molar-refractivity contribution in [1.82, 2.24) is 19.5 Å². The molecule has 5 heterocycles. The van der Waals surface area contributed by atoms with Crippen LogP contribution in [0.25, 0.3) is 38.9 Å². The Morgan fingerprint density at radius 2 is 1.68 bits per heavy atom. The summed E-state index contributed by atoms with van der Waals surface area (Å²) in [6.07, 6.45) is 1.28. The first kappa shape index (κ1) is 23.9. The topological polar surface area (TPSA) is 89.9 Å². The van der Waals surface area contributed by atoms with Crippen LogP contribution < -0.4 is 16.2 Å². The number of nitrogens with two attached hydrogens (primary N) is 1. The van der Waals surface area contributed by atoms with Crippen LogP contribution in [0.5, 0.6) is 0 Å². The van der Waals surface area contributed by atoms with E-state index in [1.807, 2.05) is 0 Å². The van der Waals surface area contributed by atoms with E-state index in [2.05, 4.69) is 9.97 Å². The number of fused-ring (bicyclic) bond motifs is 3. The Hall–Kier alpha value is -4.47. The van der Waals surface area contributed by atoms with E-state index in [0.29, 0.717) is 52.1 Å². The van der Waals surface area contributed by atoms with E-state index in [-0.39, 0.29) is 11.4 Å². The first-order valence-corrected chi connectivity index (χ1v) is 12.3. The molecule has 2 N–H and O–H groups in total. The lowest BCUT2D eigenvalue weighted by molar-refractivity contribution is -0.137. The van der Waals surface area contributed by atoms with Gasteiger partial charge in [0.25, 0.3) is 5.56 Å². The van der Waals surface area contributed by atoms with Crippen molar-refractivity contribution in [2.45, 2.75) is 25.4 Å². The molecule has 0 atom stereocenters. The second-order valence-electron chi connectivity index (χ2n) is 9.35. The van der Waals surface area contributed by atoms with Crippen molar-refractivity contribution in [3.63, 3.8) is 0 Å². The highest BCUT2D eigenvalue weighted by atomic mass is 19.4. The minimum atomic E-state index is -4.59. The lowest BCUT2D eigenvalue weighted by Crippen LogP contribution is -2.31. The number of alkyl halides is 3. The zero-order valence-electron chi connectivity index (χ0n) is 20.2. The lowest BCUT2D eigenvalue weighted by Gasteiger charge is -2.31. The summed E-state index contributed by atoms with van der Waals surface area (Å²) >= 11 is 0. The van der Waals surface area contributed by atoms with Crippen molar-refractivity contribution >= 4 is 33.4 Å². The molecular formula is C28H23F3N6O. The average molecular weight is 517 g/mol. The highest BCUT2D eigenvalue weighted by molar-refractivity contribution is 6.02. The maximum absolute atomic E-state index is 14.3. The molecule has 1 aliphatic rings. The van der Waals surface area contributed by atoms with Crippen LogP contribution in [-0.2, 0) is 6.18 Å². The molecule has 0 amide bonds. The number of hydrogen-bond donors (Lipinski definition) is 1. The standard InChI is InChI=1S/C28H23F3N6O/c29-28(30,31)20-14-19(6-9-23(20)36-12-2-1-3-13-36)37-25(38)11-5-18-16-33-22-8-7-21(35-26(22)27(18)37)17-4-10-24(32)34-15-17/h4-11,14-16H,1-3,12-13H2,(H2,32,34). The minimum Gasteiger partial charge on any atom is -0.384 e. The van der Waals surface area contributed by atoms with Gasteiger partial charge < -0.3 is 10.6 Å². The third-order valence-corrected chi connectivity index (χ3v) is 6.89. The number of halogens is 3. The van der Waals surface area contributed by atoms with Gasteiger partial charge in [0, 0.05) is 48.2 Å². The van der Waals surface area contributed by atoms with E-state index >= 15 is 0 Å². The molecule has 0 bridgehead atoms. The Bertz CT molecular complexity index is 1720. The van der Waals surface area contributed by atoms with Crippen molar-refractivity contribution in [2.24, 2.45) is 0 Å². The van der Waals surface area contributed by atoms with Crippen molar-refractivity contribution in [3.05, 3.63) is 82.9 Å². The molecule has 0 saturated carbocycles. The van der Waals surface area contributed by atoms with Gasteiger partial charge in [0.1, 0.15) is 11.3 Å². The summed E-state index contributed by atoms with van der Waals surface area (Å²) in [6.45, 7) is 1.14. The third-order valence-electron chi connectivity index (χ3n) is 6.89. The molecule has 6 rings (SSSR count). The van der Waals surface area contributed by atoms with Crippen molar-refractivity contribution in [2.75, 3.05) is 23.7 Å². The highest BCUT2D eigenvalue weighted by Gasteiger charge is 2.36. The predicted molar refractivity (Wildman–Crippen MR) is 141 cm³/mol. The molecule has 192 valence electrons. The Morgan fingerprint density at radius 1 is 0.868 bits per heavy atom. The van der Waals surface area contributed by atoms with Crippen LogP contribution in [0.3, 0.4) is 0 Å². The molecule has 0 unspecified atom stereocenters. The Morgan fingerprint density at radius 3 is 2.42 bits per heavy atom. The molecule has 38 heavy (non-hydrogen) atoms. The molecule has 1 aromatic carbocycles. The fourth-order valence-electron chi connectivity index (χ4n) is 5.04. The van der Waals surface area contributed by atoms with Gasteiger partial charge in [0.15, 0.2) is 0 Å². The second-order valence-corrected chi connectivity index (χ2v) is 9.35. The van der Waals surface area contributed by atoms with Gasteiger partial charge in [0.2, 0.25) is 0 Å². The largest absolute Gasteiger partial charge is 0.418 e.